The minimum Gasteiger partial charge on any atom is -0.497 e. The number of likely N-dealkylation sites (tertiary alicyclic amines) is 1. The summed E-state index contributed by atoms with van der Waals surface area (Å²) in [4.78, 5) is 6.97. The Labute approximate surface area is 116 Å². The fourth-order valence-electron chi connectivity index (χ4n) is 2.63. The van der Waals surface area contributed by atoms with Crippen molar-refractivity contribution in [3.8, 4) is 5.75 Å². The molecule has 0 saturated carbocycles. The lowest BCUT2D eigenvalue weighted by Crippen LogP contribution is -2.45. The molecular weight excluding hydrogens is 238 g/mol. The number of ether oxygens (including phenoxy) is 1. The van der Waals surface area contributed by atoms with Crippen LogP contribution >= 0.6 is 0 Å². The Balaban J connectivity index is 1.90. The summed E-state index contributed by atoms with van der Waals surface area (Å²) in [5.74, 6) is 0.890. The van der Waals surface area contributed by atoms with E-state index in [4.69, 9.17) is 4.74 Å². The Morgan fingerprint density at radius 1 is 1.47 bits per heavy atom. The Morgan fingerprint density at radius 2 is 2.26 bits per heavy atom. The molecule has 106 valence electrons. The Kier molecular flexibility index (Phi) is 4.77. The van der Waals surface area contributed by atoms with Crippen LogP contribution in [-0.4, -0.2) is 42.7 Å². The van der Waals surface area contributed by atoms with Gasteiger partial charge in [-0.25, -0.2) is 0 Å². The van der Waals surface area contributed by atoms with E-state index in [0.717, 1.165) is 23.7 Å². The van der Waals surface area contributed by atoms with Crippen LogP contribution < -0.4 is 10.1 Å². The molecular formula is C15H25N3O. The first-order valence-electron chi connectivity index (χ1n) is 7.03. The molecule has 2 unspecified atom stereocenters. The van der Waals surface area contributed by atoms with E-state index in [-0.39, 0.29) is 0 Å². The fraction of sp³-hybridized carbons (Fsp3) is 0.667. The molecule has 4 nitrogen and oxygen atoms in total. The van der Waals surface area contributed by atoms with Gasteiger partial charge in [-0.2, -0.15) is 0 Å². The number of piperidine rings is 1. The summed E-state index contributed by atoms with van der Waals surface area (Å²) >= 11 is 0. The van der Waals surface area contributed by atoms with Gasteiger partial charge in [0, 0.05) is 36.5 Å². The van der Waals surface area contributed by atoms with Crippen LogP contribution in [0.5, 0.6) is 5.75 Å². The van der Waals surface area contributed by atoms with Gasteiger partial charge in [0.25, 0.3) is 0 Å². The lowest BCUT2D eigenvalue weighted by molar-refractivity contribution is 0.168. The standard InChI is InChI=1S/C15H25N3O/c1-11-7-15(19-4)9-14(17-11)10-16-13-5-6-18(3)12(2)8-13/h7,9,12-13,16H,5-6,8,10H2,1-4H3. The van der Waals surface area contributed by atoms with Crippen molar-refractivity contribution in [2.75, 3.05) is 20.7 Å². The van der Waals surface area contributed by atoms with Gasteiger partial charge in [0.05, 0.1) is 12.8 Å². The molecule has 2 heterocycles. The summed E-state index contributed by atoms with van der Waals surface area (Å²) in [7, 11) is 3.90. The largest absolute Gasteiger partial charge is 0.497 e. The van der Waals surface area contributed by atoms with Crippen LogP contribution in [0.25, 0.3) is 0 Å². The number of aromatic nitrogens is 1. The van der Waals surface area contributed by atoms with Gasteiger partial charge in [-0.05, 0) is 40.3 Å². The number of aryl methyl sites for hydroxylation is 1. The van der Waals surface area contributed by atoms with Crippen LogP contribution in [0.3, 0.4) is 0 Å². The van der Waals surface area contributed by atoms with E-state index in [9.17, 15) is 0 Å². The number of rotatable bonds is 4. The summed E-state index contributed by atoms with van der Waals surface area (Å²) in [6.45, 7) is 6.29. The van der Waals surface area contributed by atoms with E-state index in [1.165, 1.54) is 19.4 Å². The minimum atomic E-state index is 0.597. The van der Waals surface area contributed by atoms with Crippen molar-refractivity contribution < 1.29 is 4.74 Å². The van der Waals surface area contributed by atoms with Crippen LogP contribution in [0.4, 0.5) is 0 Å². The second-order valence-corrected chi connectivity index (χ2v) is 5.57. The van der Waals surface area contributed by atoms with Crippen molar-refractivity contribution in [3.63, 3.8) is 0 Å². The van der Waals surface area contributed by atoms with Crippen molar-refractivity contribution in [2.45, 2.75) is 45.3 Å². The highest BCUT2D eigenvalue weighted by Gasteiger charge is 2.22. The first kappa shape index (κ1) is 14.3. The number of pyridine rings is 1. The van der Waals surface area contributed by atoms with E-state index in [2.05, 4.69) is 29.2 Å². The van der Waals surface area contributed by atoms with E-state index in [1.54, 1.807) is 7.11 Å². The van der Waals surface area contributed by atoms with Gasteiger partial charge >= 0.3 is 0 Å². The molecule has 1 N–H and O–H groups in total. The van der Waals surface area contributed by atoms with Gasteiger partial charge in [-0.3, -0.25) is 4.98 Å². The molecule has 2 rings (SSSR count). The maximum atomic E-state index is 5.28. The quantitative estimate of drug-likeness (QED) is 0.901. The highest BCUT2D eigenvalue weighted by Crippen LogP contribution is 2.17. The van der Waals surface area contributed by atoms with E-state index in [0.29, 0.717) is 12.1 Å². The molecule has 19 heavy (non-hydrogen) atoms. The lowest BCUT2D eigenvalue weighted by atomic mass is 9.99. The number of nitrogens with zero attached hydrogens (tertiary/aromatic N) is 2. The molecule has 1 saturated heterocycles. The number of methoxy groups -OCH3 is 1. The molecule has 1 fully saturated rings. The Morgan fingerprint density at radius 3 is 2.95 bits per heavy atom. The van der Waals surface area contributed by atoms with Crippen LogP contribution in [0.1, 0.15) is 31.2 Å². The summed E-state index contributed by atoms with van der Waals surface area (Å²) in [6, 6.07) is 5.23. The molecule has 1 aromatic heterocycles. The summed E-state index contributed by atoms with van der Waals surface area (Å²) in [5, 5.41) is 3.62. The Bertz CT molecular complexity index is 422. The third-order valence-electron chi connectivity index (χ3n) is 4.00. The van der Waals surface area contributed by atoms with Crippen molar-refractivity contribution in [1.82, 2.24) is 15.2 Å². The zero-order chi connectivity index (χ0) is 13.8. The molecule has 0 radical (unpaired) electrons. The molecule has 2 atom stereocenters. The van der Waals surface area contributed by atoms with Crippen molar-refractivity contribution in [2.24, 2.45) is 0 Å². The van der Waals surface area contributed by atoms with Crippen molar-refractivity contribution in [3.05, 3.63) is 23.5 Å². The molecule has 0 aliphatic carbocycles. The van der Waals surface area contributed by atoms with Crippen LogP contribution in [-0.2, 0) is 6.54 Å². The second-order valence-electron chi connectivity index (χ2n) is 5.57. The maximum absolute atomic E-state index is 5.28. The third kappa shape index (κ3) is 3.91. The molecule has 1 aliphatic heterocycles. The molecule has 4 heteroatoms. The van der Waals surface area contributed by atoms with Gasteiger partial charge in [0.2, 0.25) is 0 Å². The van der Waals surface area contributed by atoms with Crippen molar-refractivity contribution in [1.29, 1.82) is 0 Å². The third-order valence-corrected chi connectivity index (χ3v) is 4.00. The molecule has 0 aromatic carbocycles. The van der Waals surface area contributed by atoms with Crippen LogP contribution in [0.15, 0.2) is 12.1 Å². The predicted molar refractivity (Wildman–Crippen MR) is 77.5 cm³/mol. The van der Waals surface area contributed by atoms with Crippen molar-refractivity contribution >= 4 is 0 Å². The average molecular weight is 263 g/mol. The van der Waals surface area contributed by atoms with E-state index < -0.39 is 0 Å². The predicted octanol–water partition coefficient (Wildman–Crippen LogP) is 1.97. The molecule has 1 aliphatic rings. The average Bonchev–Trinajstić information content (AvgIpc) is 2.39. The monoisotopic (exact) mass is 263 g/mol. The summed E-state index contributed by atoms with van der Waals surface area (Å²) < 4.78 is 5.28. The molecule has 0 amide bonds. The molecule has 0 bridgehead atoms. The summed E-state index contributed by atoms with van der Waals surface area (Å²) in [6.07, 6.45) is 2.42. The summed E-state index contributed by atoms with van der Waals surface area (Å²) in [5.41, 5.74) is 2.07. The van der Waals surface area contributed by atoms with E-state index >= 15 is 0 Å². The first-order chi connectivity index (χ1) is 9.08. The second kappa shape index (κ2) is 6.35. The first-order valence-corrected chi connectivity index (χ1v) is 7.03. The zero-order valence-corrected chi connectivity index (χ0v) is 12.4. The number of nitrogens with one attached hydrogen (secondary N) is 1. The molecule has 1 aromatic rings. The highest BCUT2D eigenvalue weighted by molar-refractivity contribution is 5.26. The maximum Gasteiger partial charge on any atom is 0.122 e. The van der Waals surface area contributed by atoms with Crippen LogP contribution in [0, 0.1) is 6.92 Å². The van der Waals surface area contributed by atoms with E-state index in [1.807, 2.05) is 19.1 Å². The number of hydrogen-bond donors (Lipinski definition) is 1. The van der Waals surface area contributed by atoms with Gasteiger partial charge in [0.1, 0.15) is 5.75 Å². The lowest BCUT2D eigenvalue weighted by Gasteiger charge is -2.35. The van der Waals surface area contributed by atoms with Gasteiger partial charge in [-0.15, -0.1) is 0 Å². The normalized spacial score (nSPS) is 24.4. The van der Waals surface area contributed by atoms with Gasteiger partial charge in [-0.1, -0.05) is 0 Å². The van der Waals surface area contributed by atoms with Crippen LogP contribution in [0.2, 0.25) is 0 Å². The zero-order valence-electron chi connectivity index (χ0n) is 12.4. The van der Waals surface area contributed by atoms with Gasteiger partial charge in [0.15, 0.2) is 0 Å². The SMILES string of the molecule is COc1cc(C)nc(CNC2CCN(C)C(C)C2)c1. The highest BCUT2D eigenvalue weighted by atomic mass is 16.5. The Hall–Kier alpha value is -1.13. The number of hydrogen-bond acceptors (Lipinski definition) is 4. The minimum absolute atomic E-state index is 0.597. The molecule has 0 spiro atoms. The fourth-order valence-corrected chi connectivity index (χ4v) is 2.63. The smallest absolute Gasteiger partial charge is 0.122 e. The topological polar surface area (TPSA) is 37.4 Å². The van der Waals surface area contributed by atoms with Gasteiger partial charge < -0.3 is 15.0 Å².